The number of carboxylic acid groups (broad SMARTS) is 5. The molecule has 1 heterocycles. The van der Waals surface area contributed by atoms with E-state index in [4.69, 9.17) is 5.11 Å². The van der Waals surface area contributed by atoms with Crippen LogP contribution in [0.5, 0.6) is 0 Å². The molecule has 0 fully saturated rings. The third-order valence-corrected chi connectivity index (χ3v) is 11.2. The van der Waals surface area contributed by atoms with Crippen molar-refractivity contribution in [2.75, 3.05) is 6.54 Å². The molecule has 0 aliphatic carbocycles. The molecule has 3 aromatic carbocycles. The summed E-state index contributed by atoms with van der Waals surface area (Å²) in [5.41, 5.74) is 1.12. The van der Waals surface area contributed by atoms with E-state index in [0.29, 0.717) is 11.1 Å². The monoisotopic (exact) mass is 1030 g/mol. The Balaban J connectivity index is 1.38. The maximum Gasteiger partial charge on any atom is 0.326 e. The lowest BCUT2D eigenvalue weighted by Crippen LogP contribution is -2.53. The molecule has 24 nitrogen and oxygen atoms in total. The molecule has 0 unspecified atom stereocenters. The number of halogens is 1. The van der Waals surface area contributed by atoms with Crippen LogP contribution in [-0.4, -0.2) is 133 Å². The largest absolute Gasteiger partial charge is 0.481 e. The lowest BCUT2D eigenvalue weighted by molar-refractivity contribution is -0.141. The van der Waals surface area contributed by atoms with Crippen molar-refractivity contribution in [1.82, 2.24) is 42.2 Å². The quantitative estimate of drug-likeness (QED) is 0.0261. The molecule has 25 heteroatoms. The van der Waals surface area contributed by atoms with Gasteiger partial charge in [0.15, 0.2) is 0 Å². The average molecular weight is 1030 g/mol. The van der Waals surface area contributed by atoms with Crippen molar-refractivity contribution >= 4 is 76.2 Å². The third-order valence-electron chi connectivity index (χ3n) is 11.2. The Morgan fingerprint density at radius 3 is 1.58 bits per heavy atom. The lowest BCUT2D eigenvalue weighted by Gasteiger charge is -2.23. The molecule has 7 amide bonds. The Kier molecular flexibility index (Phi) is 22.3. The van der Waals surface area contributed by atoms with Gasteiger partial charge in [-0.25, -0.2) is 19.4 Å². The van der Waals surface area contributed by atoms with Gasteiger partial charge in [-0.3, -0.25) is 38.4 Å². The van der Waals surface area contributed by atoms with Crippen LogP contribution in [0.3, 0.4) is 0 Å². The van der Waals surface area contributed by atoms with Crippen molar-refractivity contribution in [3.8, 4) is 0 Å². The van der Waals surface area contributed by atoms with E-state index in [0.717, 1.165) is 29.1 Å². The second-order valence-electron chi connectivity index (χ2n) is 16.8. The topological polar surface area (TPSA) is 386 Å². The highest BCUT2D eigenvalue weighted by atomic mass is 19.1. The molecule has 0 saturated carbocycles. The van der Waals surface area contributed by atoms with E-state index in [9.17, 15) is 77.6 Å². The Hall–Kier alpha value is -9.03. The molecule has 0 saturated heterocycles. The molecule has 0 aliphatic rings. The number of unbranched alkanes of at least 4 members (excludes halogenated alkanes) is 1. The molecule has 74 heavy (non-hydrogen) atoms. The summed E-state index contributed by atoms with van der Waals surface area (Å²) in [6, 6.07) is 12.6. The summed E-state index contributed by atoms with van der Waals surface area (Å²) in [5.74, 6) is -11.7. The van der Waals surface area contributed by atoms with E-state index in [1.807, 2.05) is 41.7 Å². The highest BCUT2D eigenvalue weighted by molar-refractivity contribution is 5.99. The maximum absolute atomic E-state index is 13.7. The molecular formula is C49H55FN8O16. The molecule has 0 aliphatic heterocycles. The van der Waals surface area contributed by atoms with E-state index < -0.39 is 140 Å². The van der Waals surface area contributed by atoms with Gasteiger partial charge in [-0.05, 0) is 84.7 Å². The van der Waals surface area contributed by atoms with Gasteiger partial charge in [0.25, 0.3) is 11.8 Å². The summed E-state index contributed by atoms with van der Waals surface area (Å²) in [7, 11) is 0. The number of benzene rings is 3. The highest BCUT2D eigenvalue weighted by Gasteiger charge is 2.29. The summed E-state index contributed by atoms with van der Waals surface area (Å²) in [6.45, 7) is -0.156. The number of amides is 7. The van der Waals surface area contributed by atoms with Gasteiger partial charge in [-0.15, -0.1) is 0 Å². The van der Waals surface area contributed by atoms with Crippen molar-refractivity contribution in [1.29, 1.82) is 0 Å². The fourth-order valence-electron chi connectivity index (χ4n) is 7.18. The van der Waals surface area contributed by atoms with Gasteiger partial charge < -0.3 is 62.8 Å². The predicted octanol–water partition coefficient (Wildman–Crippen LogP) is 1.70. The zero-order chi connectivity index (χ0) is 54.3. The molecule has 5 atom stereocenters. The highest BCUT2D eigenvalue weighted by Crippen LogP contribution is 2.18. The van der Waals surface area contributed by atoms with Crippen LogP contribution in [0, 0.1) is 5.95 Å². The van der Waals surface area contributed by atoms with Gasteiger partial charge in [0.1, 0.15) is 30.2 Å². The number of aromatic nitrogens is 1. The standard InChI is InChI=1S/C49H55FN8O16/c50-38-18-14-32(26-52-38)43(66)54-34(16-20-40(61)62)46(69)55-33(15-19-39(59)60)44(67)53-25-27-8-12-30(13-9-27)42(65)56-37(24-28-10-11-29-5-1-2-6-31(29)23-28)45(68)51-22-4-3-7-35(47(70)71)57-49(74)58-36(48(72)73)17-21-41(63)64/h1-2,5-6,8-14,18,23,26,33-37H,3-4,7,15-17,19-22,24-25H2,(H,51,68)(H,53,67)(H,54,66)(H,55,69)(H,56,65)(H,59,60)(H,61,62)(H,63,64)(H,70,71)(H,72,73)(H2,57,58,74)/t33-,34-,35+,36+,37+/m1/s1. The van der Waals surface area contributed by atoms with Crippen LogP contribution in [0.25, 0.3) is 10.8 Å². The van der Waals surface area contributed by atoms with Crippen LogP contribution >= 0.6 is 0 Å². The zero-order valence-electron chi connectivity index (χ0n) is 39.5. The number of hydrogen-bond donors (Lipinski definition) is 12. The predicted molar refractivity (Wildman–Crippen MR) is 257 cm³/mol. The van der Waals surface area contributed by atoms with Crippen LogP contribution < -0.4 is 37.2 Å². The molecule has 1 aromatic heterocycles. The summed E-state index contributed by atoms with van der Waals surface area (Å²) < 4.78 is 13.3. The average Bonchev–Trinajstić information content (AvgIpc) is 3.35. The molecule has 12 N–H and O–H groups in total. The van der Waals surface area contributed by atoms with E-state index in [-0.39, 0.29) is 49.9 Å². The zero-order valence-corrected chi connectivity index (χ0v) is 39.5. The van der Waals surface area contributed by atoms with Gasteiger partial charge in [0, 0.05) is 50.5 Å². The number of rotatable bonds is 30. The lowest BCUT2D eigenvalue weighted by atomic mass is 10.0. The number of carboxylic acids is 5. The first-order valence-corrected chi connectivity index (χ1v) is 23.0. The molecular weight excluding hydrogens is 976 g/mol. The number of nitrogens with zero attached hydrogens (tertiary/aromatic N) is 1. The summed E-state index contributed by atoms with van der Waals surface area (Å²) >= 11 is 0. The molecule has 394 valence electrons. The first-order chi connectivity index (χ1) is 35.2. The Morgan fingerprint density at radius 2 is 1.00 bits per heavy atom. The van der Waals surface area contributed by atoms with E-state index >= 15 is 0 Å². The fraction of sp³-hybridized carbons (Fsp3) is 0.347. The molecule has 0 spiro atoms. The van der Waals surface area contributed by atoms with Gasteiger partial charge in [0.05, 0.1) is 5.56 Å². The third kappa shape index (κ3) is 19.6. The number of aliphatic carboxylic acids is 5. The van der Waals surface area contributed by atoms with Crippen molar-refractivity contribution in [3.05, 3.63) is 113 Å². The number of pyridine rings is 1. The van der Waals surface area contributed by atoms with Crippen molar-refractivity contribution < 1.29 is 82.7 Å². The maximum atomic E-state index is 13.7. The second kappa shape index (κ2) is 28.7. The van der Waals surface area contributed by atoms with Crippen molar-refractivity contribution in [2.24, 2.45) is 0 Å². The van der Waals surface area contributed by atoms with Crippen LogP contribution in [0.1, 0.15) is 89.6 Å². The van der Waals surface area contributed by atoms with Gasteiger partial charge in [0.2, 0.25) is 23.7 Å². The van der Waals surface area contributed by atoms with Crippen LogP contribution in [0.15, 0.2) is 85.1 Å². The smallest absolute Gasteiger partial charge is 0.326 e. The number of fused-ring (bicyclic) bond motifs is 1. The van der Waals surface area contributed by atoms with Crippen LogP contribution in [-0.2, 0) is 51.3 Å². The molecule has 4 aromatic rings. The number of nitrogens with one attached hydrogen (secondary N) is 7. The molecule has 4 rings (SSSR count). The number of carbonyl (C=O) groups is 11. The summed E-state index contributed by atoms with van der Waals surface area (Å²) in [4.78, 5) is 140. The number of hydrogen-bond acceptors (Lipinski definition) is 12. The minimum absolute atomic E-state index is 0.0241. The molecule has 0 radical (unpaired) electrons. The van der Waals surface area contributed by atoms with Gasteiger partial charge >= 0.3 is 35.9 Å². The Labute approximate surface area is 420 Å². The van der Waals surface area contributed by atoms with Crippen LogP contribution in [0.4, 0.5) is 9.18 Å². The van der Waals surface area contributed by atoms with E-state index in [1.165, 1.54) is 24.3 Å². The first-order valence-electron chi connectivity index (χ1n) is 23.0. The SMILES string of the molecule is O=C(O)CC[C@H](NC(=O)N[C@@H](CCCCNC(=O)[C@H](Cc1ccc2ccccc2c1)NC(=O)c1ccc(CNC(=O)[C@@H](CCC(=O)O)NC(=O)[C@@H](CCC(=O)O)NC(=O)c2ccc(F)nc2)cc1)C(=O)O)C(=O)O. The van der Waals surface area contributed by atoms with Crippen LogP contribution in [0.2, 0.25) is 0 Å². The van der Waals surface area contributed by atoms with E-state index in [2.05, 4.69) is 36.9 Å². The van der Waals surface area contributed by atoms with Crippen molar-refractivity contribution in [3.63, 3.8) is 0 Å². The molecule has 0 bridgehead atoms. The second-order valence-corrected chi connectivity index (χ2v) is 16.8. The minimum Gasteiger partial charge on any atom is -0.481 e. The number of carbonyl (C=O) groups excluding carboxylic acids is 6. The fourth-order valence-corrected chi connectivity index (χ4v) is 7.18. The summed E-state index contributed by atoms with van der Waals surface area (Å²) in [5, 5.41) is 65.2. The first kappa shape index (κ1) is 57.5. The van der Waals surface area contributed by atoms with Gasteiger partial charge in [-0.2, -0.15) is 4.39 Å². The van der Waals surface area contributed by atoms with Crippen molar-refractivity contribution in [2.45, 2.75) is 101 Å². The Bertz CT molecular complexity index is 2690. The Morgan fingerprint density at radius 1 is 0.486 bits per heavy atom. The summed E-state index contributed by atoms with van der Waals surface area (Å²) in [6.07, 6.45) is -1.76. The number of urea groups is 1. The van der Waals surface area contributed by atoms with Gasteiger partial charge in [-0.1, -0.05) is 54.6 Å². The minimum atomic E-state index is -1.58. The van der Waals surface area contributed by atoms with E-state index in [1.54, 1.807) is 6.07 Å². The normalized spacial score (nSPS) is 12.8.